The minimum Gasteiger partial charge on any atom is -0.383 e. The van der Waals surface area contributed by atoms with Gasteiger partial charge < -0.3 is 10.5 Å². The van der Waals surface area contributed by atoms with Crippen LogP contribution in [-0.4, -0.2) is 43.2 Å². The third-order valence-electron chi connectivity index (χ3n) is 2.97. The molecule has 1 unspecified atom stereocenters. The number of aromatic nitrogens is 1. The molecule has 0 amide bonds. The van der Waals surface area contributed by atoms with Crippen LogP contribution in [0.5, 0.6) is 0 Å². The standard InChI is InChI=1S/C13H23N3O/c1-4-16(7-8-17-3)13(9-14)12-6-5-11(2)15-10-12/h5-6,10,13H,4,7-9,14H2,1-3H3. The van der Waals surface area contributed by atoms with Crippen LogP contribution in [0, 0.1) is 6.92 Å². The van der Waals surface area contributed by atoms with E-state index in [1.807, 2.05) is 19.2 Å². The number of aryl methyl sites for hydroxylation is 1. The average Bonchev–Trinajstić information content (AvgIpc) is 2.36. The highest BCUT2D eigenvalue weighted by Gasteiger charge is 2.17. The monoisotopic (exact) mass is 237 g/mol. The van der Waals surface area contributed by atoms with Crippen molar-refractivity contribution in [3.8, 4) is 0 Å². The van der Waals surface area contributed by atoms with Crippen molar-refractivity contribution in [3.63, 3.8) is 0 Å². The molecule has 96 valence electrons. The lowest BCUT2D eigenvalue weighted by Crippen LogP contribution is -2.36. The van der Waals surface area contributed by atoms with Crippen molar-refractivity contribution in [1.29, 1.82) is 0 Å². The van der Waals surface area contributed by atoms with Gasteiger partial charge in [0.1, 0.15) is 0 Å². The van der Waals surface area contributed by atoms with Crippen LogP contribution in [0.25, 0.3) is 0 Å². The summed E-state index contributed by atoms with van der Waals surface area (Å²) in [5.74, 6) is 0. The van der Waals surface area contributed by atoms with Crippen LogP contribution in [0.15, 0.2) is 18.3 Å². The third kappa shape index (κ3) is 4.07. The zero-order chi connectivity index (χ0) is 12.7. The van der Waals surface area contributed by atoms with E-state index in [1.54, 1.807) is 7.11 Å². The second-order valence-corrected chi connectivity index (χ2v) is 4.11. The summed E-state index contributed by atoms with van der Waals surface area (Å²) in [6, 6.07) is 4.36. The molecule has 1 atom stereocenters. The maximum Gasteiger partial charge on any atom is 0.0589 e. The number of rotatable bonds is 7. The third-order valence-corrected chi connectivity index (χ3v) is 2.97. The highest BCUT2D eigenvalue weighted by Crippen LogP contribution is 2.18. The van der Waals surface area contributed by atoms with Crippen molar-refractivity contribution >= 4 is 0 Å². The van der Waals surface area contributed by atoms with Gasteiger partial charge in [-0.2, -0.15) is 0 Å². The number of pyridine rings is 1. The summed E-state index contributed by atoms with van der Waals surface area (Å²) < 4.78 is 5.13. The highest BCUT2D eigenvalue weighted by molar-refractivity contribution is 5.17. The lowest BCUT2D eigenvalue weighted by atomic mass is 10.1. The fraction of sp³-hybridized carbons (Fsp3) is 0.615. The minimum absolute atomic E-state index is 0.225. The Bertz CT molecular complexity index is 313. The molecular formula is C13H23N3O. The molecule has 1 heterocycles. The molecule has 0 aromatic carbocycles. The minimum atomic E-state index is 0.225. The van der Waals surface area contributed by atoms with Gasteiger partial charge in [0.2, 0.25) is 0 Å². The van der Waals surface area contributed by atoms with Gasteiger partial charge in [0.05, 0.1) is 6.61 Å². The lowest BCUT2D eigenvalue weighted by Gasteiger charge is -2.29. The fourth-order valence-corrected chi connectivity index (χ4v) is 1.92. The van der Waals surface area contributed by atoms with Crippen LogP contribution in [0.2, 0.25) is 0 Å². The number of ether oxygens (including phenoxy) is 1. The van der Waals surface area contributed by atoms with Crippen LogP contribution >= 0.6 is 0 Å². The first-order valence-electron chi connectivity index (χ1n) is 6.08. The first kappa shape index (κ1) is 14.1. The van der Waals surface area contributed by atoms with Crippen LogP contribution < -0.4 is 5.73 Å². The van der Waals surface area contributed by atoms with Gasteiger partial charge in [-0.3, -0.25) is 9.88 Å². The van der Waals surface area contributed by atoms with Crippen LogP contribution in [0.4, 0.5) is 0 Å². The van der Waals surface area contributed by atoms with Gasteiger partial charge in [0.15, 0.2) is 0 Å². The van der Waals surface area contributed by atoms with Crippen LogP contribution in [0.1, 0.15) is 24.2 Å². The molecule has 0 bridgehead atoms. The summed E-state index contributed by atoms with van der Waals surface area (Å²) in [5, 5.41) is 0. The number of nitrogens with two attached hydrogens (primary N) is 1. The van der Waals surface area contributed by atoms with Crippen molar-refractivity contribution in [2.75, 3.05) is 33.4 Å². The molecule has 4 nitrogen and oxygen atoms in total. The van der Waals surface area contributed by atoms with Gasteiger partial charge in [-0.1, -0.05) is 13.0 Å². The second-order valence-electron chi connectivity index (χ2n) is 4.11. The SMILES string of the molecule is CCN(CCOC)C(CN)c1ccc(C)nc1. The normalized spacial score (nSPS) is 13.0. The molecule has 0 aliphatic heterocycles. The van der Waals surface area contributed by atoms with Gasteiger partial charge in [-0.25, -0.2) is 0 Å². The quantitative estimate of drug-likeness (QED) is 0.778. The molecule has 0 spiro atoms. The predicted octanol–water partition coefficient (Wildman–Crippen LogP) is 1.36. The van der Waals surface area contributed by atoms with E-state index in [1.165, 1.54) is 5.56 Å². The number of hydrogen-bond acceptors (Lipinski definition) is 4. The van der Waals surface area contributed by atoms with Crippen molar-refractivity contribution in [3.05, 3.63) is 29.6 Å². The average molecular weight is 237 g/mol. The molecule has 0 fully saturated rings. The Morgan fingerprint density at radius 2 is 2.24 bits per heavy atom. The molecule has 0 saturated heterocycles. The smallest absolute Gasteiger partial charge is 0.0589 e. The Kier molecular flexibility index (Phi) is 6.11. The van der Waals surface area contributed by atoms with Gasteiger partial charge >= 0.3 is 0 Å². The molecule has 0 saturated carbocycles. The largest absolute Gasteiger partial charge is 0.383 e. The molecule has 2 N–H and O–H groups in total. The van der Waals surface area contributed by atoms with Crippen molar-refractivity contribution in [2.45, 2.75) is 19.9 Å². The first-order valence-corrected chi connectivity index (χ1v) is 6.08. The predicted molar refractivity (Wildman–Crippen MR) is 69.9 cm³/mol. The summed E-state index contributed by atoms with van der Waals surface area (Å²) in [4.78, 5) is 6.65. The maximum absolute atomic E-state index is 5.88. The van der Waals surface area contributed by atoms with Crippen molar-refractivity contribution in [1.82, 2.24) is 9.88 Å². The van der Waals surface area contributed by atoms with E-state index in [9.17, 15) is 0 Å². The molecule has 0 aliphatic rings. The molecule has 0 aliphatic carbocycles. The maximum atomic E-state index is 5.88. The lowest BCUT2D eigenvalue weighted by molar-refractivity contribution is 0.125. The molecule has 1 rings (SSSR count). The van der Waals surface area contributed by atoms with E-state index in [4.69, 9.17) is 10.5 Å². The van der Waals surface area contributed by atoms with Crippen LogP contribution in [-0.2, 0) is 4.74 Å². The van der Waals surface area contributed by atoms with Crippen molar-refractivity contribution < 1.29 is 4.74 Å². The molecular weight excluding hydrogens is 214 g/mol. The summed E-state index contributed by atoms with van der Waals surface area (Å²) in [5.41, 5.74) is 8.09. The van der Waals surface area contributed by atoms with Gasteiger partial charge in [-0.05, 0) is 25.1 Å². The second kappa shape index (κ2) is 7.37. The molecule has 1 aromatic heterocycles. The van der Waals surface area contributed by atoms with E-state index in [-0.39, 0.29) is 6.04 Å². The summed E-state index contributed by atoms with van der Waals surface area (Å²) in [6.07, 6.45) is 1.92. The summed E-state index contributed by atoms with van der Waals surface area (Å²) in [6.45, 7) is 7.30. The van der Waals surface area contributed by atoms with E-state index in [0.717, 1.165) is 25.4 Å². The summed E-state index contributed by atoms with van der Waals surface area (Å²) >= 11 is 0. The van der Waals surface area contributed by atoms with Gasteiger partial charge in [-0.15, -0.1) is 0 Å². The molecule has 0 radical (unpaired) electrons. The Hall–Kier alpha value is -0.970. The Balaban J connectivity index is 2.77. The topological polar surface area (TPSA) is 51.4 Å². The number of nitrogens with zero attached hydrogens (tertiary/aromatic N) is 2. The molecule has 4 heteroatoms. The van der Waals surface area contributed by atoms with Crippen LogP contribution in [0.3, 0.4) is 0 Å². The Morgan fingerprint density at radius 1 is 1.47 bits per heavy atom. The van der Waals surface area contributed by atoms with Crippen molar-refractivity contribution in [2.24, 2.45) is 5.73 Å². The van der Waals surface area contributed by atoms with E-state index in [2.05, 4.69) is 22.9 Å². The zero-order valence-electron chi connectivity index (χ0n) is 11.0. The zero-order valence-corrected chi connectivity index (χ0v) is 11.0. The number of methoxy groups -OCH3 is 1. The number of hydrogen-bond donors (Lipinski definition) is 1. The van der Waals surface area contributed by atoms with E-state index >= 15 is 0 Å². The molecule has 17 heavy (non-hydrogen) atoms. The van der Waals surface area contributed by atoms with Gasteiger partial charge in [0, 0.05) is 38.1 Å². The fourth-order valence-electron chi connectivity index (χ4n) is 1.92. The molecule has 1 aromatic rings. The van der Waals surface area contributed by atoms with E-state index < -0.39 is 0 Å². The summed E-state index contributed by atoms with van der Waals surface area (Å²) in [7, 11) is 1.72. The van der Waals surface area contributed by atoms with E-state index in [0.29, 0.717) is 6.54 Å². The van der Waals surface area contributed by atoms with Gasteiger partial charge in [0.25, 0.3) is 0 Å². The number of likely N-dealkylation sites (N-methyl/N-ethyl adjacent to an activating group) is 1. The Morgan fingerprint density at radius 3 is 2.71 bits per heavy atom. The Labute approximate surface area is 104 Å². The highest BCUT2D eigenvalue weighted by atomic mass is 16.5. The first-order chi connectivity index (χ1) is 8.22.